The molecular formula is C12H19N3O. The Labute approximate surface area is 96.3 Å². The lowest BCUT2D eigenvalue weighted by Gasteiger charge is -2.27. The minimum Gasteiger partial charge on any atom is -0.386 e. The highest BCUT2D eigenvalue weighted by Crippen LogP contribution is 2.20. The Balaban J connectivity index is 2.12. The van der Waals surface area contributed by atoms with E-state index in [0.29, 0.717) is 0 Å². The molecule has 0 aromatic carbocycles. The molecule has 4 nitrogen and oxygen atoms in total. The monoisotopic (exact) mass is 221 g/mol. The second-order valence-corrected chi connectivity index (χ2v) is 4.88. The Bertz CT molecular complexity index is 336. The lowest BCUT2D eigenvalue weighted by atomic mass is 10.0. The van der Waals surface area contributed by atoms with Crippen LogP contribution >= 0.6 is 0 Å². The van der Waals surface area contributed by atoms with Crippen LogP contribution in [0, 0.1) is 0 Å². The number of aromatic nitrogens is 2. The average Bonchev–Trinajstić information content (AvgIpc) is 2.29. The lowest BCUT2D eigenvalue weighted by Crippen LogP contribution is -2.31. The normalized spacial score (nSPS) is 17.6. The Kier molecular flexibility index (Phi) is 3.10. The molecule has 4 heteroatoms. The summed E-state index contributed by atoms with van der Waals surface area (Å²) in [5, 5.41) is 9.80. The van der Waals surface area contributed by atoms with Gasteiger partial charge in [-0.05, 0) is 33.1 Å². The molecule has 16 heavy (non-hydrogen) atoms. The molecule has 1 aromatic heterocycles. The molecule has 2 heterocycles. The third kappa shape index (κ3) is 2.50. The van der Waals surface area contributed by atoms with E-state index in [1.807, 2.05) is 0 Å². The molecule has 88 valence electrons. The van der Waals surface area contributed by atoms with E-state index in [-0.39, 0.29) is 0 Å². The first-order chi connectivity index (χ1) is 7.57. The van der Waals surface area contributed by atoms with Gasteiger partial charge in [-0.3, -0.25) is 0 Å². The van der Waals surface area contributed by atoms with Gasteiger partial charge in [0.15, 0.2) is 0 Å². The summed E-state index contributed by atoms with van der Waals surface area (Å²) >= 11 is 0. The van der Waals surface area contributed by atoms with E-state index >= 15 is 0 Å². The molecule has 0 atom stereocenters. The molecule has 0 bridgehead atoms. The molecule has 1 aromatic rings. The smallest absolute Gasteiger partial charge is 0.225 e. The first-order valence-electron chi connectivity index (χ1n) is 5.87. The van der Waals surface area contributed by atoms with Crippen molar-refractivity contribution in [3.63, 3.8) is 0 Å². The van der Waals surface area contributed by atoms with Crippen molar-refractivity contribution in [1.82, 2.24) is 9.97 Å². The van der Waals surface area contributed by atoms with Gasteiger partial charge >= 0.3 is 0 Å². The van der Waals surface area contributed by atoms with Crippen molar-refractivity contribution in [2.24, 2.45) is 0 Å². The highest BCUT2D eigenvalue weighted by molar-refractivity contribution is 5.31. The summed E-state index contributed by atoms with van der Waals surface area (Å²) < 4.78 is 0. The summed E-state index contributed by atoms with van der Waals surface area (Å²) in [7, 11) is 0. The van der Waals surface area contributed by atoms with Crippen LogP contribution in [0.15, 0.2) is 12.4 Å². The summed E-state index contributed by atoms with van der Waals surface area (Å²) in [6.45, 7) is 5.57. The quantitative estimate of drug-likeness (QED) is 0.825. The fraction of sp³-hybridized carbons (Fsp3) is 0.667. The topological polar surface area (TPSA) is 49.3 Å². The molecule has 1 saturated heterocycles. The van der Waals surface area contributed by atoms with Crippen molar-refractivity contribution < 1.29 is 5.11 Å². The Morgan fingerprint density at radius 1 is 1.12 bits per heavy atom. The Morgan fingerprint density at radius 2 is 1.69 bits per heavy atom. The Hall–Kier alpha value is -1.16. The zero-order valence-electron chi connectivity index (χ0n) is 9.98. The van der Waals surface area contributed by atoms with Crippen LogP contribution in [0.5, 0.6) is 0 Å². The summed E-state index contributed by atoms with van der Waals surface area (Å²) in [5.74, 6) is 0.785. The third-order valence-corrected chi connectivity index (χ3v) is 2.98. The zero-order valence-corrected chi connectivity index (χ0v) is 9.98. The molecule has 1 aliphatic rings. The predicted octanol–water partition coefficient (Wildman–Crippen LogP) is 1.69. The van der Waals surface area contributed by atoms with Gasteiger partial charge in [-0.1, -0.05) is 0 Å². The predicted molar refractivity (Wildman–Crippen MR) is 63.3 cm³/mol. The second-order valence-electron chi connectivity index (χ2n) is 4.88. The van der Waals surface area contributed by atoms with Crippen LogP contribution in [0.4, 0.5) is 5.95 Å². The molecule has 0 amide bonds. The third-order valence-electron chi connectivity index (χ3n) is 2.98. The van der Waals surface area contributed by atoms with Gasteiger partial charge in [0.1, 0.15) is 0 Å². The van der Waals surface area contributed by atoms with Crippen LogP contribution in [0.2, 0.25) is 0 Å². The molecule has 1 fully saturated rings. The molecular weight excluding hydrogens is 202 g/mol. The van der Waals surface area contributed by atoms with Crippen LogP contribution in [0.3, 0.4) is 0 Å². The number of nitrogens with zero attached hydrogens (tertiary/aromatic N) is 3. The van der Waals surface area contributed by atoms with Gasteiger partial charge in [0.2, 0.25) is 5.95 Å². The SMILES string of the molecule is CC(C)(O)c1cnc(N2CCCCC2)nc1. The number of hydrogen-bond donors (Lipinski definition) is 1. The number of anilines is 1. The zero-order chi connectivity index (χ0) is 11.6. The number of aliphatic hydroxyl groups is 1. The average molecular weight is 221 g/mol. The van der Waals surface area contributed by atoms with E-state index in [9.17, 15) is 5.11 Å². The van der Waals surface area contributed by atoms with E-state index in [1.165, 1.54) is 19.3 Å². The molecule has 0 radical (unpaired) electrons. The maximum atomic E-state index is 9.80. The molecule has 0 aliphatic carbocycles. The van der Waals surface area contributed by atoms with Gasteiger partial charge in [0.25, 0.3) is 0 Å². The summed E-state index contributed by atoms with van der Waals surface area (Å²) in [6.07, 6.45) is 7.18. The van der Waals surface area contributed by atoms with Gasteiger partial charge in [0, 0.05) is 31.0 Å². The van der Waals surface area contributed by atoms with Crippen molar-refractivity contribution >= 4 is 5.95 Å². The minimum absolute atomic E-state index is 0.758. The number of rotatable bonds is 2. The Morgan fingerprint density at radius 3 is 2.19 bits per heavy atom. The standard InChI is InChI=1S/C12H19N3O/c1-12(2,16)10-8-13-11(14-9-10)15-6-4-3-5-7-15/h8-9,16H,3-7H2,1-2H3. The molecule has 2 rings (SSSR count). The first-order valence-corrected chi connectivity index (χ1v) is 5.87. The van der Waals surface area contributed by atoms with Crippen LogP contribution < -0.4 is 4.90 Å². The first kappa shape index (κ1) is 11.3. The van der Waals surface area contributed by atoms with Gasteiger partial charge in [-0.25, -0.2) is 9.97 Å². The van der Waals surface area contributed by atoms with E-state index in [2.05, 4.69) is 14.9 Å². The van der Waals surface area contributed by atoms with Crippen molar-refractivity contribution in [1.29, 1.82) is 0 Å². The highest BCUT2D eigenvalue weighted by atomic mass is 16.3. The van der Waals surface area contributed by atoms with Crippen LogP contribution in [-0.2, 0) is 5.60 Å². The summed E-state index contributed by atoms with van der Waals surface area (Å²) in [4.78, 5) is 10.9. The maximum absolute atomic E-state index is 9.80. The molecule has 1 aliphatic heterocycles. The summed E-state index contributed by atoms with van der Waals surface area (Å²) in [6, 6.07) is 0. The fourth-order valence-electron chi connectivity index (χ4n) is 1.89. The summed E-state index contributed by atoms with van der Waals surface area (Å²) in [5.41, 5.74) is -0.103. The van der Waals surface area contributed by atoms with E-state index < -0.39 is 5.60 Å². The van der Waals surface area contributed by atoms with Crippen molar-refractivity contribution in [3.05, 3.63) is 18.0 Å². The number of hydrogen-bond acceptors (Lipinski definition) is 4. The molecule has 0 saturated carbocycles. The van der Waals surface area contributed by atoms with E-state index in [4.69, 9.17) is 0 Å². The van der Waals surface area contributed by atoms with Crippen molar-refractivity contribution in [2.45, 2.75) is 38.7 Å². The maximum Gasteiger partial charge on any atom is 0.225 e. The highest BCUT2D eigenvalue weighted by Gasteiger charge is 2.18. The lowest BCUT2D eigenvalue weighted by molar-refractivity contribution is 0.0778. The molecule has 0 spiro atoms. The van der Waals surface area contributed by atoms with Crippen molar-refractivity contribution in [2.75, 3.05) is 18.0 Å². The fourth-order valence-corrected chi connectivity index (χ4v) is 1.89. The van der Waals surface area contributed by atoms with Crippen LogP contribution in [0.25, 0.3) is 0 Å². The molecule has 1 N–H and O–H groups in total. The van der Waals surface area contributed by atoms with Crippen LogP contribution in [-0.4, -0.2) is 28.2 Å². The molecule has 0 unspecified atom stereocenters. The largest absolute Gasteiger partial charge is 0.386 e. The van der Waals surface area contributed by atoms with Gasteiger partial charge in [0.05, 0.1) is 5.60 Å². The van der Waals surface area contributed by atoms with E-state index in [0.717, 1.165) is 24.6 Å². The van der Waals surface area contributed by atoms with Gasteiger partial charge in [-0.2, -0.15) is 0 Å². The van der Waals surface area contributed by atoms with Gasteiger partial charge < -0.3 is 10.0 Å². The van der Waals surface area contributed by atoms with E-state index in [1.54, 1.807) is 26.2 Å². The van der Waals surface area contributed by atoms with Crippen LogP contribution in [0.1, 0.15) is 38.7 Å². The number of piperidine rings is 1. The van der Waals surface area contributed by atoms with Crippen molar-refractivity contribution in [3.8, 4) is 0 Å². The minimum atomic E-state index is -0.861. The second kappa shape index (κ2) is 4.37. The van der Waals surface area contributed by atoms with Gasteiger partial charge in [-0.15, -0.1) is 0 Å².